The third-order valence-corrected chi connectivity index (χ3v) is 2.68. The van der Waals surface area contributed by atoms with Gasteiger partial charge in [-0.3, -0.25) is 4.79 Å². The van der Waals surface area contributed by atoms with Gasteiger partial charge in [-0.1, -0.05) is 13.0 Å². The highest BCUT2D eigenvalue weighted by molar-refractivity contribution is 5.73. The molecular formula is C10H16O3. The Bertz CT molecular complexity index is 212. The van der Waals surface area contributed by atoms with Crippen molar-refractivity contribution in [2.24, 2.45) is 11.8 Å². The quantitative estimate of drug-likeness (QED) is 0.516. The first kappa shape index (κ1) is 10.3. The van der Waals surface area contributed by atoms with Crippen LogP contribution in [0.2, 0.25) is 0 Å². The van der Waals surface area contributed by atoms with Gasteiger partial charge in [0.25, 0.3) is 0 Å². The Labute approximate surface area is 78.4 Å². The molecular weight excluding hydrogens is 168 g/mol. The van der Waals surface area contributed by atoms with Crippen LogP contribution < -0.4 is 0 Å². The van der Waals surface area contributed by atoms with Crippen molar-refractivity contribution < 1.29 is 14.6 Å². The van der Waals surface area contributed by atoms with Crippen LogP contribution in [0, 0.1) is 11.8 Å². The van der Waals surface area contributed by atoms with Crippen LogP contribution in [0.25, 0.3) is 0 Å². The molecule has 1 saturated heterocycles. The molecule has 0 amide bonds. The van der Waals surface area contributed by atoms with Gasteiger partial charge in [-0.25, -0.2) is 0 Å². The van der Waals surface area contributed by atoms with E-state index in [1.165, 1.54) is 0 Å². The zero-order chi connectivity index (χ0) is 10.0. The number of hydrogen-bond acceptors (Lipinski definition) is 3. The third-order valence-electron chi connectivity index (χ3n) is 2.68. The fourth-order valence-electron chi connectivity index (χ4n) is 1.61. The van der Waals surface area contributed by atoms with Crippen LogP contribution in [-0.4, -0.2) is 23.3 Å². The van der Waals surface area contributed by atoms with Gasteiger partial charge in [-0.2, -0.15) is 0 Å². The van der Waals surface area contributed by atoms with Gasteiger partial charge < -0.3 is 9.84 Å². The van der Waals surface area contributed by atoms with E-state index in [2.05, 4.69) is 6.58 Å². The average Bonchev–Trinajstić information content (AvgIpc) is 2.11. The number of aliphatic hydroxyl groups excluding tert-OH is 1. The summed E-state index contributed by atoms with van der Waals surface area (Å²) in [4.78, 5) is 11.2. The van der Waals surface area contributed by atoms with Crippen LogP contribution in [-0.2, 0) is 9.53 Å². The monoisotopic (exact) mass is 184 g/mol. The molecule has 1 rings (SSSR count). The van der Waals surface area contributed by atoms with E-state index in [9.17, 15) is 9.90 Å². The van der Waals surface area contributed by atoms with Crippen LogP contribution in [0.5, 0.6) is 0 Å². The van der Waals surface area contributed by atoms with Gasteiger partial charge in [-0.15, -0.1) is 6.58 Å². The second kappa shape index (κ2) is 3.92. The first-order valence-corrected chi connectivity index (χ1v) is 4.57. The molecule has 1 N–H and O–H groups in total. The maximum atomic E-state index is 11.2. The Morgan fingerprint density at radius 1 is 1.62 bits per heavy atom. The lowest BCUT2D eigenvalue weighted by Gasteiger charge is -2.35. The number of esters is 1. The maximum absolute atomic E-state index is 11.2. The summed E-state index contributed by atoms with van der Waals surface area (Å²) in [6.07, 6.45) is 1.51. The van der Waals surface area contributed by atoms with Crippen LogP contribution in [0.3, 0.4) is 0 Å². The van der Waals surface area contributed by atoms with Gasteiger partial charge in [0, 0.05) is 12.3 Å². The highest BCUT2D eigenvalue weighted by atomic mass is 16.5. The minimum atomic E-state index is -0.591. The molecule has 1 aliphatic rings. The molecule has 0 saturated carbocycles. The van der Waals surface area contributed by atoms with Gasteiger partial charge in [-0.05, 0) is 6.92 Å². The van der Waals surface area contributed by atoms with E-state index in [1.807, 2.05) is 6.92 Å². The topological polar surface area (TPSA) is 46.5 Å². The van der Waals surface area contributed by atoms with Gasteiger partial charge in [0.15, 0.2) is 0 Å². The van der Waals surface area contributed by atoms with Crippen LogP contribution >= 0.6 is 0 Å². The number of ether oxygens (including phenoxy) is 1. The average molecular weight is 184 g/mol. The molecule has 0 spiro atoms. The van der Waals surface area contributed by atoms with Crippen molar-refractivity contribution in [2.45, 2.75) is 32.5 Å². The van der Waals surface area contributed by atoms with Crippen molar-refractivity contribution in [2.75, 3.05) is 0 Å². The molecule has 0 bridgehead atoms. The molecule has 4 atom stereocenters. The standard InChI is InChI=1S/C10H16O3/c1-4-5-8-6(2)9(11)7(3)10(12)13-8/h4,6-9,11H,1,5H2,2-3H3. The molecule has 3 heteroatoms. The molecule has 3 nitrogen and oxygen atoms in total. The van der Waals surface area contributed by atoms with Crippen molar-refractivity contribution in [3.63, 3.8) is 0 Å². The summed E-state index contributed by atoms with van der Waals surface area (Å²) in [5.41, 5.74) is 0. The minimum absolute atomic E-state index is 0.00861. The van der Waals surface area contributed by atoms with Gasteiger partial charge in [0.2, 0.25) is 0 Å². The fraction of sp³-hybridized carbons (Fsp3) is 0.700. The van der Waals surface area contributed by atoms with Crippen molar-refractivity contribution in [1.29, 1.82) is 0 Å². The van der Waals surface area contributed by atoms with Gasteiger partial charge >= 0.3 is 5.97 Å². The lowest BCUT2D eigenvalue weighted by atomic mass is 9.85. The first-order valence-electron chi connectivity index (χ1n) is 4.57. The highest BCUT2D eigenvalue weighted by Crippen LogP contribution is 2.27. The van der Waals surface area contributed by atoms with Crippen molar-refractivity contribution >= 4 is 5.97 Å². The van der Waals surface area contributed by atoms with Crippen molar-refractivity contribution in [3.05, 3.63) is 12.7 Å². The Balaban J connectivity index is 2.69. The summed E-state index contributed by atoms with van der Waals surface area (Å²) in [5, 5.41) is 9.68. The summed E-state index contributed by atoms with van der Waals surface area (Å²) >= 11 is 0. The fourth-order valence-corrected chi connectivity index (χ4v) is 1.61. The van der Waals surface area contributed by atoms with E-state index >= 15 is 0 Å². The van der Waals surface area contributed by atoms with E-state index in [1.54, 1.807) is 13.0 Å². The normalized spacial score (nSPS) is 39.8. The zero-order valence-electron chi connectivity index (χ0n) is 8.06. The second-order valence-electron chi connectivity index (χ2n) is 3.64. The molecule has 1 heterocycles. The number of rotatable bonds is 2. The largest absolute Gasteiger partial charge is 0.461 e. The van der Waals surface area contributed by atoms with E-state index in [-0.39, 0.29) is 18.0 Å². The summed E-state index contributed by atoms with van der Waals surface area (Å²) in [7, 11) is 0. The summed E-state index contributed by atoms with van der Waals surface area (Å²) in [6, 6.07) is 0. The molecule has 0 aromatic heterocycles. The maximum Gasteiger partial charge on any atom is 0.311 e. The molecule has 0 aromatic rings. The lowest BCUT2D eigenvalue weighted by molar-refractivity contribution is -0.176. The first-order chi connectivity index (χ1) is 6.07. The number of carbonyl (C=O) groups excluding carboxylic acids is 1. The molecule has 13 heavy (non-hydrogen) atoms. The number of aliphatic hydroxyl groups is 1. The van der Waals surface area contributed by atoms with E-state index in [0.29, 0.717) is 6.42 Å². The number of carbonyl (C=O) groups is 1. The second-order valence-corrected chi connectivity index (χ2v) is 3.64. The molecule has 0 radical (unpaired) electrons. The molecule has 74 valence electrons. The van der Waals surface area contributed by atoms with Gasteiger partial charge in [0.1, 0.15) is 6.10 Å². The van der Waals surface area contributed by atoms with Crippen LogP contribution in [0.1, 0.15) is 20.3 Å². The Morgan fingerprint density at radius 2 is 2.23 bits per heavy atom. The number of hydrogen-bond donors (Lipinski definition) is 1. The highest BCUT2D eigenvalue weighted by Gasteiger charge is 2.39. The van der Waals surface area contributed by atoms with E-state index < -0.39 is 12.0 Å². The molecule has 0 aromatic carbocycles. The summed E-state index contributed by atoms with van der Waals surface area (Å²) < 4.78 is 5.15. The summed E-state index contributed by atoms with van der Waals surface area (Å²) in [6.45, 7) is 7.16. The van der Waals surface area contributed by atoms with Gasteiger partial charge in [0.05, 0.1) is 12.0 Å². The van der Waals surface area contributed by atoms with E-state index in [0.717, 1.165) is 0 Å². The van der Waals surface area contributed by atoms with Crippen molar-refractivity contribution in [3.8, 4) is 0 Å². The molecule has 0 aliphatic carbocycles. The Hall–Kier alpha value is -0.830. The SMILES string of the molecule is C=CCC1OC(=O)C(C)C(O)C1C. The molecule has 1 aliphatic heterocycles. The van der Waals surface area contributed by atoms with Crippen LogP contribution in [0.4, 0.5) is 0 Å². The van der Waals surface area contributed by atoms with Crippen LogP contribution in [0.15, 0.2) is 12.7 Å². The Morgan fingerprint density at radius 3 is 2.77 bits per heavy atom. The lowest BCUT2D eigenvalue weighted by Crippen LogP contribution is -2.46. The predicted molar refractivity (Wildman–Crippen MR) is 49.0 cm³/mol. The smallest absolute Gasteiger partial charge is 0.311 e. The Kier molecular flexibility index (Phi) is 3.09. The summed E-state index contributed by atoms with van der Waals surface area (Å²) in [5.74, 6) is -0.723. The van der Waals surface area contributed by atoms with E-state index in [4.69, 9.17) is 4.74 Å². The predicted octanol–water partition coefficient (Wildman–Crippen LogP) is 1.12. The molecule has 1 fully saturated rings. The minimum Gasteiger partial charge on any atom is -0.461 e. The third kappa shape index (κ3) is 1.91. The zero-order valence-corrected chi connectivity index (χ0v) is 8.06. The van der Waals surface area contributed by atoms with Crippen molar-refractivity contribution in [1.82, 2.24) is 0 Å². The molecule has 4 unspecified atom stereocenters. The number of cyclic esters (lactones) is 1.